The molecule has 1 heterocycles. The first kappa shape index (κ1) is 14.9. The topological polar surface area (TPSA) is 69.2 Å². The second-order valence-corrected chi connectivity index (χ2v) is 4.28. The molecular formula is C14H11F3N2O2. The molecule has 1 atom stereocenters. The van der Waals surface area contributed by atoms with Crippen LogP contribution in [0.15, 0.2) is 41.0 Å². The van der Waals surface area contributed by atoms with Crippen LogP contribution < -0.4 is 5.32 Å². The first-order chi connectivity index (χ1) is 9.91. The molecule has 0 radical (unpaired) electrons. The van der Waals surface area contributed by atoms with E-state index in [0.29, 0.717) is 0 Å². The summed E-state index contributed by atoms with van der Waals surface area (Å²) in [4.78, 5) is 0. The van der Waals surface area contributed by atoms with Gasteiger partial charge in [-0.15, -0.1) is 0 Å². The van der Waals surface area contributed by atoms with E-state index in [-0.39, 0.29) is 23.6 Å². The molecule has 0 fully saturated rings. The Morgan fingerprint density at radius 3 is 2.67 bits per heavy atom. The largest absolute Gasteiger partial charge is 0.467 e. The summed E-state index contributed by atoms with van der Waals surface area (Å²) in [6, 6.07) is 7.96. The number of hydrogen-bond acceptors (Lipinski definition) is 4. The first-order valence-electron chi connectivity index (χ1n) is 5.98. The Labute approximate surface area is 118 Å². The highest BCUT2D eigenvalue weighted by Gasteiger charge is 2.34. The molecule has 0 unspecified atom stereocenters. The fourth-order valence-electron chi connectivity index (χ4n) is 1.79. The van der Waals surface area contributed by atoms with E-state index < -0.39 is 17.8 Å². The number of rotatable bonds is 4. The second kappa shape index (κ2) is 5.89. The smallest absolute Gasteiger partial charge is 0.418 e. The van der Waals surface area contributed by atoms with E-state index in [2.05, 4.69) is 5.32 Å². The van der Waals surface area contributed by atoms with Crippen molar-refractivity contribution in [2.75, 3.05) is 11.9 Å². The molecule has 7 heteroatoms. The molecule has 0 spiro atoms. The molecule has 0 saturated heterocycles. The van der Waals surface area contributed by atoms with Gasteiger partial charge < -0.3 is 14.8 Å². The van der Waals surface area contributed by atoms with Crippen LogP contribution in [0.4, 0.5) is 18.9 Å². The maximum atomic E-state index is 12.9. The van der Waals surface area contributed by atoms with E-state index in [0.717, 1.165) is 12.1 Å². The Hall–Kier alpha value is -2.46. The third-order valence-electron chi connectivity index (χ3n) is 2.81. The van der Waals surface area contributed by atoms with Crippen molar-refractivity contribution in [3.8, 4) is 6.07 Å². The molecule has 0 amide bonds. The minimum absolute atomic E-state index is 0.0838. The number of anilines is 1. The minimum Gasteiger partial charge on any atom is -0.467 e. The van der Waals surface area contributed by atoms with Crippen LogP contribution in [-0.4, -0.2) is 11.7 Å². The van der Waals surface area contributed by atoms with E-state index in [1.54, 1.807) is 12.1 Å². The van der Waals surface area contributed by atoms with Gasteiger partial charge in [-0.3, -0.25) is 0 Å². The number of nitriles is 1. The predicted molar refractivity (Wildman–Crippen MR) is 68.3 cm³/mol. The maximum absolute atomic E-state index is 12.9. The highest BCUT2D eigenvalue weighted by atomic mass is 19.4. The number of halogens is 3. The molecule has 0 bridgehead atoms. The summed E-state index contributed by atoms with van der Waals surface area (Å²) in [7, 11) is 0. The van der Waals surface area contributed by atoms with E-state index in [9.17, 15) is 18.3 Å². The normalized spacial score (nSPS) is 12.7. The molecule has 2 N–H and O–H groups in total. The lowest BCUT2D eigenvalue weighted by Crippen LogP contribution is -2.16. The zero-order valence-corrected chi connectivity index (χ0v) is 10.7. The molecule has 0 saturated carbocycles. The van der Waals surface area contributed by atoms with Crippen molar-refractivity contribution >= 4 is 5.69 Å². The van der Waals surface area contributed by atoms with Crippen molar-refractivity contribution in [2.45, 2.75) is 12.3 Å². The summed E-state index contributed by atoms with van der Waals surface area (Å²) in [6.45, 7) is -0.150. The number of benzene rings is 1. The zero-order chi connectivity index (χ0) is 15.5. The van der Waals surface area contributed by atoms with Crippen LogP contribution in [0.1, 0.15) is 23.0 Å². The quantitative estimate of drug-likeness (QED) is 0.908. The highest BCUT2D eigenvalue weighted by molar-refractivity contribution is 5.56. The van der Waals surface area contributed by atoms with E-state index in [1.807, 2.05) is 0 Å². The molecule has 0 aliphatic carbocycles. The molecule has 4 nitrogen and oxygen atoms in total. The molecule has 1 aromatic heterocycles. The predicted octanol–water partition coefficient (Wildman–Crippen LogP) is 3.32. The lowest BCUT2D eigenvalue weighted by atomic mass is 10.1. The Bertz CT molecular complexity index is 645. The first-order valence-corrected chi connectivity index (χ1v) is 5.98. The summed E-state index contributed by atoms with van der Waals surface area (Å²) in [5, 5.41) is 21.0. The van der Waals surface area contributed by atoms with Gasteiger partial charge in [0, 0.05) is 12.2 Å². The lowest BCUT2D eigenvalue weighted by Gasteiger charge is -2.16. The van der Waals surface area contributed by atoms with Gasteiger partial charge in [-0.2, -0.15) is 18.4 Å². The fourth-order valence-corrected chi connectivity index (χ4v) is 1.79. The van der Waals surface area contributed by atoms with Crippen LogP contribution >= 0.6 is 0 Å². The molecular weight excluding hydrogens is 285 g/mol. The molecule has 1 aromatic carbocycles. The number of nitrogens with one attached hydrogen (secondary N) is 1. The Morgan fingerprint density at radius 1 is 1.33 bits per heavy atom. The van der Waals surface area contributed by atoms with Gasteiger partial charge in [0.05, 0.1) is 23.5 Å². The molecule has 0 aliphatic heterocycles. The minimum atomic E-state index is -4.59. The average molecular weight is 296 g/mol. The van der Waals surface area contributed by atoms with Crippen LogP contribution in [0, 0.1) is 11.3 Å². The summed E-state index contributed by atoms with van der Waals surface area (Å²) in [5.74, 6) is 0.254. The maximum Gasteiger partial charge on any atom is 0.418 e. The third-order valence-corrected chi connectivity index (χ3v) is 2.81. The van der Waals surface area contributed by atoms with E-state index >= 15 is 0 Å². The van der Waals surface area contributed by atoms with Gasteiger partial charge in [-0.05, 0) is 30.3 Å². The van der Waals surface area contributed by atoms with Crippen molar-refractivity contribution in [1.29, 1.82) is 5.26 Å². The highest BCUT2D eigenvalue weighted by Crippen LogP contribution is 2.35. The monoisotopic (exact) mass is 296 g/mol. The van der Waals surface area contributed by atoms with Crippen molar-refractivity contribution < 1.29 is 22.7 Å². The number of alkyl halides is 3. The van der Waals surface area contributed by atoms with Gasteiger partial charge >= 0.3 is 6.18 Å². The number of furan rings is 1. The van der Waals surface area contributed by atoms with Crippen LogP contribution in [0.5, 0.6) is 0 Å². The van der Waals surface area contributed by atoms with Gasteiger partial charge in [-0.1, -0.05) is 0 Å². The molecule has 110 valence electrons. The Kier molecular flexibility index (Phi) is 4.19. The van der Waals surface area contributed by atoms with Crippen LogP contribution in [0.2, 0.25) is 0 Å². The van der Waals surface area contributed by atoms with Crippen molar-refractivity contribution in [3.05, 3.63) is 53.5 Å². The van der Waals surface area contributed by atoms with Crippen molar-refractivity contribution in [1.82, 2.24) is 0 Å². The van der Waals surface area contributed by atoms with Crippen LogP contribution in [0.25, 0.3) is 0 Å². The lowest BCUT2D eigenvalue weighted by molar-refractivity contribution is -0.137. The van der Waals surface area contributed by atoms with Crippen LogP contribution in [-0.2, 0) is 6.18 Å². The molecule has 2 rings (SSSR count). The Morgan fingerprint density at radius 2 is 2.10 bits per heavy atom. The van der Waals surface area contributed by atoms with E-state index in [4.69, 9.17) is 9.68 Å². The average Bonchev–Trinajstić information content (AvgIpc) is 2.97. The fraction of sp³-hybridized carbons (Fsp3) is 0.214. The van der Waals surface area contributed by atoms with Gasteiger partial charge in [0.15, 0.2) is 0 Å². The van der Waals surface area contributed by atoms with Crippen molar-refractivity contribution in [3.63, 3.8) is 0 Å². The number of aliphatic hydroxyl groups is 1. The van der Waals surface area contributed by atoms with Gasteiger partial charge in [0.25, 0.3) is 0 Å². The number of nitrogens with zero attached hydrogens (tertiary/aromatic N) is 1. The summed E-state index contributed by atoms with van der Waals surface area (Å²) < 4.78 is 43.8. The van der Waals surface area contributed by atoms with Gasteiger partial charge in [-0.25, -0.2) is 0 Å². The van der Waals surface area contributed by atoms with Gasteiger partial charge in [0.2, 0.25) is 0 Å². The summed E-state index contributed by atoms with van der Waals surface area (Å²) >= 11 is 0. The van der Waals surface area contributed by atoms with Crippen LogP contribution in [0.3, 0.4) is 0 Å². The summed E-state index contributed by atoms with van der Waals surface area (Å²) in [5.41, 5.74) is -1.24. The molecule has 2 aromatic rings. The van der Waals surface area contributed by atoms with Crippen molar-refractivity contribution in [2.24, 2.45) is 0 Å². The molecule has 0 aliphatic rings. The third kappa shape index (κ3) is 3.55. The van der Waals surface area contributed by atoms with Gasteiger partial charge in [0.1, 0.15) is 11.9 Å². The standard InChI is InChI=1S/C14H11F3N2O2/c15-14(16,17)10-6-9(7-18)3-4-11(10)19-8-12(20)13-2-1-5-21-13/h1-6,12,19-20H,8H2/t12-/m0/s1. The molecule has 21 heavy (non-hydrogen) atoms. The number of hydrogen-bond donors (Lipinski definition) is 2. The van der Waals surface area contributed by atoms with E-state index in [1.165, 1.54) is 18.4 Å². The number of aliphatic hydroxyl groups excluding tert-OH is 1. The SMILES string of the molecule is N#Cc1ccc(NC[C@H](O)c2ccco2)c(C(F)(F)F)c1. The Balaban J connectivity index is 2.18. The second-order valence-electron chi connectivity index (χ2n) is 4.28. The summed E-state index contributed by atoms with van der Waals surface area (Å²) in [6.07, 6.45) is -4.30. The zero-order valence-electron chi connectivity index (χ0n) is 10.7.